The number of hydrogen-bond acceptors (Lipinski definition) is 4. The van der Waals surface area contributed by atoms with E-state index in [1.54, 1.807) is 0 Å². The average Bonchev–Trinajstić information content (AvgIpc) is 2.28. The monoisotopic (exact) mass is 330 g/mol. The van der Waals surface area contributed by atoms with Gasteiger partial charge in [-0.25, -0.2) is 14.0 Å². The van der Waals surface area contributed by atoms with Gasteiger partial charge in [0.15, 0.2) is 0 Å². The number of rotatable bonds is 2. The van der Waals surface area contributed by atoms with E-state index >= 15 is 0 Å². The van der Waals surface area contributed by atoms with Crippen LogP contribution in [0.4, 0.5) is 4.39 Å². The SMILES string of the molecule is O=C(OCl)c1ccc(F)c(C(=O)OCl)c1Br. The Morgan fingerprint density at radius 2 is 1.75 bits per heavy atom. The van der Waals surface area contributed by atoms with Gasteiger partial charge in [0.2, 0.25) is 0 Å². The molecule has 0 saturated heterocycles. The number of benzene rings is 1. The van der Waals surface area contributed by atoms with E-state index in [-0.39, 0.29) is 10.0 Å². The summed E-state index contributed by atoms with van der Waals surface area (Å²) in [5.41, 5.74) is -0.650. The third-order valence-electron chi connectivity index (χ3n) is 1.66. The summed E-state index contributed by atoms with van der Waals surface area (Å²) in [6.07, 6.45) is 0. The zero-order valence-electron chi connectivity index (χ0n) is 7.30. The fourth-order valence-corrected chi connectivity index (χ4v) is 1.78. The van der Waals surface area contributed by atoms with Crippen LogP contribution in [0.1, 0.15) is 20.7 Å². The first-order valence-corrected chi connectivity index (χ1v) is 5.07. The van der Waals surface area contributed by atoms with Gasteiger partial charge in [0.05, 0.1) is 5.56 Å². The van der Waals surface area contributed by atoms with Gasteiger partial charge in [-0.05, 0) is 28.1 Å². The molecule has 1 rings (SSSR count). The minimum atomic E-state index is -1.14. The van der Waals surface area contributed by atoms with Gasteiger partial charge < -0.3 is 8.58 Å². The molecule has 4 nitrogen and oxygen atoms in total. The molecule has 0 aliphatic rings. The van der Waals surface area contributed by atoms with Gasteiger partial charge in [-0.1, -0.05) is 0 Å². The molecule has 0 heterocycles. The molecule has 0 bridgehead atoms. The largest absolute Gasteiger partial charge is 0.360 e. The number of carbonyl (C=O) groups is 2. The number of carbonyl (C=O) groups excluding carboxylic acids is 2. The Morgan fingerprint density at radius 1 is 1.19 bits per heavy atom. The molecule has 0 fully saturated rings. The van der Waals surface area contributed by atoms with Gasteiger partial charge in [-0.2, -0.15) is 0 Å². The first kappa shape index (κ1) is 13.2. The summed E-state index contributed by atoms with van der Waals surface area (Å²) in [6, 6.07) is 1.98. The fourth-order valence-electron chi connectivity index (χ4n) is 0.977. The van der Waals surface area contributed by atoms with Crippen molar-refractivity contribution in [2.75, 3.05) is 0 Å². The highest BCUT2D eigenvalue weighted by molar-refractivity contribution is 9.10. The van der Waals surface area contributed by atoms with E-state index in [2.05, 4.69) is 24.5 Å². The molecule has 86 valence electrons. The predicted octanol–water partition coefficient (Wildman–Crippen LogP) is 3.21. The molecular formula is C8H2BrCl2FO4. The Labute approximate surface area is 108 Å². The molecule has 0 N–H and O–H groups in total. The van der Waals surface area contributed by atoms with E-state index in [0.717, 1.165) is 12.1 Å². The Morgan fingerprint density at radius 3 is 2.25 bits per heavy atom. The fraction of sp³-hybridized carbons (Fsp3) is 0. The molecule has 0 spiro atoms. The lowest BCUT2D eigenvalue weighted by Gasteiger charge is -2.05. The maximum atomic E-state index is 13.3. The zero-order valence-corrected chi connectivity index (χ0v) is 10.4. The Kier molecular flexibility index (Phi) is 4.52. The molecule has 1 aromatic rings. The molecular weight excluding hydrogens is 330 g/mol. The van der Waals surface area contributed by atoms with Crippen molar-refractivity contribution in [2.24, 2.45) is 0 Å². The van der Waals surface area contributed by atoms with Crippen molar-refractivity contribution in [1.29, 1.82) is 0 Å². The van der Waals surface area contributed by atoms with E-state index in [0.29, 0.717) is 0 Å². The maximum absolute atomic E-state index is 13.3. The van der Waals surface area contributed by atoms with Crippen molar-refractivity contribution >= 4 is 51.6 Å². The number of halogens is 4. The van der Waals surface area contributed by atoms with E-state index in [9.17, 15) is 14.0 Å². The van der Waals surface area contributed by atoms with Gasteiger partial charge >= 0.3 is 11.9 Å². The molecule has 1 aromatic carbocycles. The van der Waals surface area contributed by atoms with Crippen LogP contribution in [0, 0.1) is 5.82 Å². The second kappa shape index (κ2) is 5.47. The topological polar surface area (TPSA) is 52.6 Å². The highest BCUT2D eigenvalue weighted by Gasteiger charge is 2.23. The van der Waals surface area contributed by atoms with Crippen LogP contribution in [0.5, 0.6) is 0 Å². The second-order valence-electron chi connectivity index (χ2n) is 2.51. The van der Waals surface area contributed by atoms with Crippen LogP contribution >= 0.6 is 39.7 Å². The third-order valence-corrected chi connectivity index (χ3v) is 2.76. The van der Waals surface area contributed by atoms with Crippen molar-refractivity contribution < 1.29 is 22.6 Å². The van der Waals surface area contributed by atoms with Gasteiger partial charge in [-0.15, -0.1) is 0 Å². The van der Waals surface area contributed by atoms with Crippen LogP contribution in [0.3, 0.4) is 0 Å². The van der Waals surface area contributed by atoms with Crippen LogP contribution in [-0.4, -0.2) is 11.9 Å². The lowest BCUT2D eigenvalue weighted by molar-refractivity contribution is 0.0745. The number of hydrogen-bond donors (Lipinski definition) is 0. The smallest absolute Gasteiger partial charge is 0.343 e. The van der Waals surface area contributed by atoms with Crippen molar-refractivity contribution in [3.8, 4) is 0 Å². The first-order chi connectivity index (χ1) is 7.52. The molecule has 0 saturated carbocycles. The highest BCUT2D eigenvalue weighted by atomic mass is 79.9. The quantitative estimate of drug-likeness (QED) is 0.835. The van der Waals surface area contributed by atoms with Crippen molar-refractivity contribution in [3.05, 3.63) is 33.5 Å². The molecule has 8 heteroatoms. The molecule has 0 aromatic heterocycles. The van der Waals surface area contributed by atoms with Crippen LogP contribution in [-0.2, 0) is 8.58 Å². The average molecular weight is 332 g/mol. The first-order valence-electron chi connectivity index (χ1n) is 3.66. The molecule has 0 atom stereocenters. The summed E-state index contributed by atoms with van der Waals surface area (Å²) in [6.45, 7) is 0. The molecule has 0 aliphatic heterocycles. The van der Waals surface area contributed by atoms with Gasteiger partial charge in [0, 0.05) is 4.47 Å². The van der Waals surface area contributed by atoms with Gasteiger partial charge in [0.1, 0.15) is 35.1 Å². The normalized spacial score (nSPS) is 9.75. The summed E-state index contributed by atoms with van der Waals surface area (Å²) in [5, 5.41) is 0. The summed E-state index contributed by atoms with van der Waals surface area (Å²) in [4.78, 5) is 22.2. The zero-order chi connectivity index (χ0) is 12.3. The van der Waals surface area contributed by atoms with E-state index in [4.69, 9.17) is 23.7 Å². The van der Waals surface area contributed by atoms with E-state index in [1.165, 1.54) is 0 Å². The van der Waals surface area contributed by atoms with Crippen molar-refractivity contribution in [2.45, 2.75) is 0 Å². The summed E-state index contributed by atoms with van der Waals surface area (Å²) >= 11 is 12.5. The van der Waals surface area contributed by atoms with Crippen LogP contribution in [0.15, 0.2) is 16.6 Å². The Balaban J connectivity index is 3.38. The third kappa shape index (κ3) is 2.45. The molecule has 0 aliphatic carbocycles. The van der Waals surface area contributed by atoms with Gasteiger partial charge in [0.25, 0.3) is 0 Å². The molecule has 0 unspecified atom stereocenters. The van der Waals surface area contributed by atoms with Crippen molar-refractivity contribution in [3.63, 3.8) is 0 Å². The summed E-state index contributed by atoms with van der Waals surface area (Å²) in [7, 11) is 0. The standard InChI is InChI=1S/C8H2BrCl2FO4/c9-6-3(7(13)15-10)1-2-4(12)5(6)8(14)16-11/h1-2H. The summed E-state index contributed by atoms with van der Waals surface area (Å²) < 4.78 is 20.9. The van der Waals surface area contributed by atoms with Crippen LogP contribution in [0.25, 0.3) is 0 Å². The molecule has 0 radical (unpaired) electrons. The second-order valence-corrected chi connectivity index (χ2v) is 3.61. The Hall–Kier alpha value is -0.850. The molecule has 0 amide bonds. The maximum Gasteiger partial charge on any atom is 0.360 e. The highest BCUT2D eigenvalue weighted by Crippen LogP contribution is 2.26. The molecule has 16 heavy (non-hydrogen) atoms. The lowest BCUT2D eigenvalue weighted by atomic mass is 10.1. The minimum Gasteiger partial charge on any atom is -0.343 e. The van der Waals surface area contributed by atoms with Crippen LogP contribution in [0.2, 0.25) is 0 Å². The van der Waals surface area contributed by atoms with Crippen molar-refractivity contribution in [1.82, 2.24) is 0 Å². The van der Waals surface area contributed by atoms with E-state index in [1.807, 2.05) is 0 Å². The summed E-state index contributed by atoms with van der Waals surface area (Å²) in [5.74, 6) is -2.99. The Bertz CT molecular complexity index is 452. The lowest BCUT2D eigenvalue weighted by Crippen LogP contribution is -2.08. The van der Waals surface area contributed by atoms with E-state index < -0.39 is 23.3 Å². The minimum absolute atomic E-state index is 0.131. The predicted molar refractivity (Wildman–Crippen MR) is 56.6 cm³/mol. The van der Waals surface area contributed by atoms with Crippen LogP contribution < -0.4 is 0 Å². The van der Waals surface area contributed by atoms with Gasteiger partial charge in [-0.3, -0.25) is 0 Å².